The van der Waals surface area contributed by atoms with Gasteiger partial charge in [0.25, 0.3) is 0 Å². The first kappa shape index (κ1) is 14.8. The van der Waals surface area contributed by atoms with Gasteiger partial charge in [-0.1, -0.05) is 6.92 Å². The van der Waals surface area contributed by atoms with Crippen LogP contribution in [-0.2, 0) is 6.18 Å². The molecule has 1 rings (SSSR count). The third-order valence-electron chi connectivity index (χ3n) is 2.67. The summed E-state index contributed by atoms with van der Waals surface area (Å²) in [4.78, 5) is 3.73. The third-order valence-corrected chi connectivity index (χ3v) is 2.67. The van der Waals surface area contributed by atoms with Gasteiger partial charge in [0.1, 0.15) is 5.82 Å². The van der Waals surface area contributed by atoms with Gasteiger partial charge >= 0.3 is 6.18 Å². The number of pyridine rings is 1. The van der Waals surface area contributed by atoms with Crippen LogP contribution in [0.1, 0.15) is 25.3 Å². The van der Waals surface area contributed by atoms with Crippen molar-refractivity contribution in [2.75, 3.05) is 18.4 Å². The highest BCUT2D eigenvalue weighted by Crippen LogP contribution is 2.28. The highest BCUT2D eigenvalue weighted by Gasteiger charge is 2.30. The van der Waals surface area contributed by atoms with Crippen molar-refractivity contribution in [2.24, 2.45) is 11.7 Å². The molecule has 1 aromatic heterocycles. The first-order chi connectivity index (χ1) is 8.43. The molecule has 0 aliphatic rings. The minimum absolute atomic E-state index is 0.461. The quantitative estimate of drug-likeness (QED) is 0.774. The molecular formula is C12H18F3N3. The molecule has 6 heteroatoms. The van der Waals surface area contributed by atoms with Gasteiger partial charge in [-0.2, -0.15) is 13.2 Å². The molecule has 102 valence electrons. The molecule has 0 amide bonds. The van der Waals surface area contributed by atoms with E-state index < -0.39 is 11.7 Å². The van der Waals surface area contributed by atoms with Crippen molar-refractivity contribution in [2.45, 2.75) is 25.9 Å². The first-order valence-corrected chi connectivity index (χ1v) is 5.90. The molecule has 0 spiro atoms. The van der Waals surface area contributed by atoms with E-state index in [2.05, 4.69) is 17.2 Å². The van der Waals surface area contributed by atoms with Crippen LogP contribution in [0.15, 0.2) is 18.3 Å². The van der Waals surface area contributed by atoms with Crippen LogP contribution < -0.4 is 11.1 Å². The van der Waals surface area contributed by atoms with E-state index in [9.17, 15) is 13.2 Å². The zero-order chi connectivity index (χ0) is 13.6. The fourth-order valence-electron chi connectivity index (χ4n) is 1.45. The van der Waals surface area contributed by atoms with E-state index in [1.165, 1.54) is 6.07 Å². The van der Waals surface area contributed by atoms with Gasteiger partial charge in [-0.05, 0) is 37.4 Å². The highest BCUT2D eigenvalue weighted by molar-refractivity contribution is 5.35. The van der Waals surface area contributed by atoms with Gasteiger partial charge in [-0.15, -0.1) is 0 Å². The van der Waals surface area contributed by atoms with Crippen molar-refractivity contribution in [3.05, 3.63) is 23.9 Å². The Bertz CT molecular complexity index is 349. The van der Waals surface area contributed by atoms with E-state index in [1.807, 2.05) is 0 Å². The number of hydrogen-bond donors (Lipinski definition) is 2. The second kappa shape index (κ2) is 6.58. The number of anilines is 1. The van der Waals surface area contributed by atoms with E-state index >= 15 is 0 Å². The van der Waals surface area contributed by atoms with Crippen LogP contribution in [0.25, 0.3) is 0 Å². The summed E-state index contributed by atoms with van der Waals surface area (Å²) in [5, 5.41) is 2.98. The van der Waals surface area contributed by atoms with Crippen LogP contribution in [0.5, 0.6) is 0 Å². The largest absolute Gasteiger partial charge is 0.417 e. The molecule has 1 unspecified atom stereocenters. The van der Waals surface area contributed by atoms with Crippen LogP contribution in [0.3, 0.4) is 0 Å². The number of alkyl halides is 3. The van der Waals surface area contributed by atoms with E-state index in [-0.39, 0.29) is 0 Å². The predicted molar refractivity (Wildman–Crippen MR) is 65.2 cm³/mol. The summed E-state index contributed by atoms with van der Waals surface area (Å²) >= 11 is 0. The Balaban J connectivity index is 2.36. The van der Waals surface area contributed by atoms with Gasteiger partial charge in [0.05, 0.1) is 5.56 Å². The molecule has 0 bridgehead atoms. The minimum Gasteiger partial charge on any atom is -0.370 e. The van der Waals surface area contributed by atoms with Gasteiger partial charge in [-0.3, -0.25) is 0 Å². The third kappa shape index (κ3) is 4.91. The zero-order valence-electron chi connectivity index (χ0n) is 10.3. The zero-order valence-corrected chi connectivity index (χ0v) is 10.3. The maximum atomic E-state index is 12.3. The summed E-state index contributed by atoms with van der Waals surface area (Å²) in [6, 6.07) is 2.37. The Morgan fingerprint density at radius 3 is 2.61 bits per heavy atom. The van der Waals surface area contributed by atoms with Crippen molar-refractivity contribution in [1.82, 2.24) is 4.98 Å². The number of nitrogens with two attached hydrogens (primary N) is 1. The van der Waals surface area contributed by atoms with Crippen molar-refractivity contribution in [3.8, 4) is 0 Å². The number of aromatic nitrogens is 1. The lowest BCUT2D eigenvalue weighted by molar-refractivity contribution is -0.137. The Morgan fingerprint density at radius 1 is 1.39 bits per heavy atom. The number of halogens is 3. The van der Waals surface area contributed by atoms with E-state index in [1.54, 1.807) is 0 Å². The molecule has 1 heterocycles. The number of rotatable bonds is 6. The van der Waals surface area contributed by atoms with Crippen molar-refractivity contribution in [3.63, 3.8) is 0 Å². The van der Waals surface area contributed by atoms with Crippen LogP contribution in [0, 0.1) is 5.92 Å². The predicted octanol–water partition coefficient (Wildman–Crippen LogP) is 2.89. The molecule has 1 atom stereocenters. The molecule has 18 heavy (non-hydrogen) atoms. The maximum Gasteiger partial charge on any atom is 0.417 e. The monoisotopic (exact) mass is 261 g/mol. The lowest BCUT2D eigenvalue weighted by atomic mass is 10.1. The SMILES string of the molecule is CC(CN)CCCNc1ccc(C(F)(F)F)cn1. The number of nitrogens with zero attached hydrogens (tertiary/aromatic N) is 1. The summed E-state index contributed by atoms with van der Waals surface area (Å²) in [6.07, 6.45) is -1.59. The molecule has 0 aromatic carbocycles. The summed E-state index contributed by atoms with van der Waals surface area (Å²) in [5.41, 5.74) is 4.75. The molecular weight excluding hydrogens is 243 g/mol. The molecule has 0 aliphatic carbocycles. The molecule has 0 radical (unpaired) electrons. The van der Waals surface area contributed by atoms with Gasteiger partial charge < -0.3 is 11.1 Å². The molecule has 3 nitrogen and oxygen atoms in total. The van der Waals surface area contributed by atoms with Gasteiger partial charge in [0, 0.05) is 12.7 Å². The standard InChI is InChI=1S/C12H18F3N3/c1-9(7-16)3-2-6-17-11-5-4-10(8-18-11)12(13,14)15/h4-5,8-9H,2-3,6-7,16H2,1H3,(H,17,18). The average Bonchev–Trinajstić information content (AvgIpc) is 2.33. The maximum absolute atomic E-state index is 12.3. The van der Waals surface area contributed by atoms with Gasteiger partial charge in [0.2, 0.25) is 0 Å². The topological polar surface area (TPSA) is 50.9 Å². The molecule has 0 saturated carbocycles. The Hall–Kier alpha value is -1.30. The molecule has 3 N–H and O–H groups in total. The average molecular weight is 261 g/mol. The van der Waals surface area contributed by atoms with Crippen molar-refractivity contribution >= 4 is 5.82 Å². The van der Waals surface area contributed by atoms with Crippen molar-refractivity contribution < 1.29 is 13.2 Å². The van der Waals surface area contributed by atoms with Crippen LogP contribution in [0.2, 0.25) is 0 Å². The molecule has 0 aliphatic heterocycles. The Morgan fingerprint density at radius 2 is 2.11 bits per heavy atom. The Labute approximate surface area is 105 Å². The minimum atomic E-state index is -4.33. The van der Waals surface area contributed by atoms with Crippen LogP contribution >= 0.6 is 0 Å². The van der Waals surface area contributed by atoms with Gasteiger partial charge in [-0.25, -0.2) is 4.98 Å². The summed E-state index contributed by atoms with van der Waals surface area (Å²) in [7, 11) is 0. The second-order valence-electron chi connectivity index (χ2n) is 4.34. The summed E-state index contributed by atoms with van der Waals surface area (Å²) in [5.74, 6) is 0.927. The van der Waals surface area contributed by atoms with Crippen LogP contribution in [-0.4, -0.2) is 18.1 Å². The first-order valence-electron chi connectivity index (χ1n) is 5.90. The fourth-order valence-corrected chi connectivity index (χ4v) is 1.45. The van der Waals surface area contributed by atoms with E-state index in [0.717, 1.165) is 25.1 Å². The Kier molecular flexibility index (Phi) is 5.40. The van der Waals surface area contributed by atoms with Crippen LogP contribution in [0.4, 0.5) is 19.0 Å². The number of hydrogen-bond acceptors (Lipinski definition) is 3. The summed E-state index contributed by atoms with van der Waals surface area (Å²) in [6.45, 7) is 3.40. The molecule has 0 saturated heterocycles. The normalized spacial score (nSPS) is 13.4. The number of nitrogens with one attached hydrogen (secondary N) is 1. The fraction of sp³-hybridized carbons (Fsp3) is 0.583. The molecule has 1 aromatic rings. The summed E-state index contributed by atoms with van der Waals surface area (Å²) < 4.78 is 36.8. The smallest absolute Gasteiger partial charge is 0.370 e. The molecule has 0 fully saturated rings. The second-order valence-corrected chi connectivity index (χ2v) is 4.34. The van der Waals surface area contributed by atoms with E-state index in [4.69, 9.17) is 5.73 Å². The lowest BCUT2D eigenvalue weighted by Gasteiger charge is -2.10. The van der Waals surface area contributed by atoms with Gasteiger partial charge in [0.15, 0.2) is 0 Å². The highest BCUT2D eigenvalue weighted by atomic mass is 19.4. The van der Waals surface area contributed by atoms with E-state index in [0.29, 0.717) is 24.8 Å². The van der Waals surface area contributed by atoms with Crippen molar-refractivity contribution in [1.29, 1.82) is 0 Å². The lowest BCUT2D eigenvalue weighted by Crippen LogP contribution is -2.13.